The molecule has 0 spiro atoms. The average molecular weight is 249 g/mol. The summed E-state index contributed by atoms with van der Waals surface area (Å²) < 4.78 is 10.3. The van der Waals surface area contributed by atoms with Gasteiger partial charge < -0.3 is 20.3 Å². The Morgan fingerprint density at radius 3 is 2.72 bits per heavy atom. The number of amides is 1. The van der Waals surface area contributed by atoms with Gasteiger partial charge in [-0.05, 0) is 23.8 Å². The van der Waals surface area contributed by atoms with Gasteiger partial charge in [0.05, 0.1) is 6.42 Å². The van der Waals surface area contributed by atoms with Crippen LogP contribution in [0.2, 0.25) is 0 Å². The van der Waals surface area contributed by atoms with Crippen LogP contribution in [0.5, 0.6) is 11.5 Å². The normalized spacial score (nSPS) is 13.4. The number of fused-ring (bicyclic) bond motifs is 1. The Labute approximate surface area is 103 Å². The summed E-state index contributed by atoms with van der Waals surface area (Å²) >= 11 is 0. The number of hydrogen-bond donors (Lipinski definition) is 2. The second kappa shape index (κ2) is 4.79. The first-order valence-corrected chi connectivity index (χ1v) is 5.18. The Bertz CT molecular complexity index is 535. The monoisotopic (exact) mass is 249 g/mol. The van der Waals surface area contributed by atoms with Crippen molar-refractivity contribution in [2.45, 2.75) is 6.42 Å². The van der Waals surface area contributed by atoms with Crippen LogP contribution in [-0.4, -0.2) is 23.8 Å². The minimum absolute atomic E-state index is 0.0290. The molecule has 0 aromatic heterocycles. The highest BCUT2D eigenvalue weighted by Gasteiger charge is 2.14. The van der Waals surface area contributed by atoms with Gasteiger partial charge in [-0.15, -0.1) is 0 Å². The Balaban J connectivity index is 2.29. The molecule has 1 aliphatic rings. The number of benzene rings is 1. The number of primary amides is 1. The lowest BCUT2D eigenvalue weighted by atomic mass is 10.1. The van der Waals surface area contributed by atoms with Gasteiger partial charge >= 0.3 is 5.97 Å². The molecular weight excluding hydrogens is 238 g/mol. The molecule has 1 aromatic carbocycles. The van der Waals surface area contributed by atoms with Crippen LogP contribution in [0, 0.1) is 0 Å². The van der Waals surface area contributed by atoms with Gasteiger partial charge in [-0.2, -0.15) is 0 Å². The molecule has 6 nitrogen and oxygen atoms in total. The van der Waals surface area contributed by atoms with E-state index < -0.39 is 18.3 Å². The predicted molar refractivity (Wildman–Crippen MR) is 62.0 cm³/mol. The standard InChI is InChI=1S/C12H11NO5/c13-12(16)8(5-11(14)15)3-7-1-2-9-10(4-7)18-6-17-9/h1-4H,5-6H2,(H2,13,16)(H,14,15). The average Bonchev–Trinajstić information content (AvgIpc) is 2.74. The van der Waals surface area contributed by atoms with E-state index >= 15 is 0 Å². The molecule has 2 rings (SSSR count). The molecule has 0 saturated carbocycles. The number of carbonyl (C=O) groups is 2. The number of aliphatic carboxylic acids is 1. The van der Waals surface area contributed by atoms with Crippen LogP contribution >= 0.6 is 0 Å². The van der Waals surface area contributed by atoms with Crippen LogP contribution in [0.25, 0.3) is 6.08 Å². The molecule has 1 aliphatic heterocycles. The van der Waals surface area contributed by atoms with Crippen molar-refractivity contribution in [2.75, 3.05) is 6.79 Å². The zero-order valence-electron chi connectivity index (χ0n) is 9.38. The Morgan fingerprint density at radius 1 is 1.33 bits per heavy atom. The maximum absolute atomic E-state index is 11.1. The van der Waals surface area contributed by atoms with Crippen LogP contribution in [0.4, 0.5) is 0 Å². The fourth-order valence-corrected chi connectivity index (χ4v) is 1.58. The highest BCUT2D eigenvalue weighted by molar-refractivity contribution is 6.00. The SMILES string of the molecule is NC(=O)C(=Cc1ccc2c(c1)OCO2)CC(=O)O. The lowest BCUT2D eigenvalue weighted by Crippen LogP contribution is -2.16. The predicted octanol–water partition coefficient (Wildman–Crippen LogP) is 0.759. The van der Waals surface area contributed by atoms with Crippen molar-refractivity contribution in [1.29, 1.82) is 0 Å². The van der Waals surface area contributed by atoms with Gasteiger partial charge in [-0.25, -0.2) is 0 Å². The Morgan fingerprint density at radius 2 is 2.06 bits per heavy atom. The number of carbonyl (C=O) groups excluding carboxylic acids is 1. The van der Waals surface area contributed by atoms with E-state index in [0.717, 1.165) is 0 Å². The smallest absolute Gasteiger partial charge is 0.308 e. The summed E-state index contributed by atoms with van der Waals surface area (Å²) in [5.74, 6) is -0.690. The van der Waals surface area contributed by atoms with Crippen molar-refractivity contribution in [3.8, 4) is 11.5 Å². The molecule has 1 heterocycles. The third-order valence-electron chi connectivity index (χ3n) is 2.40. The van der Waals surface area contributed by atoms with Crippen LogP contribution in [0.3, 0.4) is 0 Å². The van der Waals surface area contributed by atoms with Crippen molar-refractivity contribution < 1.29 is 24.2 Å². The summed E-state index contributed by atoms with van der Waals surface area (Å²) in [4.78, 5) is 21.7. The molecule has 94 valence electrons. The van der Waals surface area contributed by atoms with Crippen molar-refractivity contribution in [2.24, 2.45) is 5.73 Å². The summed E-state index contributed by atoms with van der Waals surface area (Å²) in [5, 5.41) is 8.67. The molecule has 0 radical (unpaired) electrons. The zero-order valence-corrected chi connectivity index (χ0v) is 9.38. The van der Waals surface area contributed by atoms with Gasteiger partial charge in [0.2, 0.25) is 12.7 Å². The molecule has 1 aromatic rings. The molecule has 0 aliphatic carbocycles. The van der Waals surface area contributed by atoms with Gasteiger partial charge in [0.15, 0.2) is 11.5 Å². The third kappa shape index (κ3) is 2.60. The molecule has 6 heteroatoms. The lowest BCUT2D eigenvalue weighted by molar-refractivity contribution is -0.136. The topological polar surface area (TPSA) is 98.9 Å². The fourth-order valence-electron chi connectivity index (χ4n) is 1.58. The highest BCUT2D eigenvalue weighted by Crippen LogP contribution is 2.33. The number of nitrogens with two attached hydrogens (primary N) is 1. The number of ether oxygens (including phenoxy) is 2. The van der Waals surface area contributed by atoms with E-state index in [0.29, 0.717) is 17.1 Å². The highest BCUT2D eigenvalue weighted by atomic mass is 16.7. The molecule has 0 atom stereocenters. The number of rotatable bonds is 4. The van der Waals surface area contributed by atoms with Crippen LogP contribution in [0.15, 0.2) is 23.8 Å². The van der Waals surface area contributed by atoms with Crippen LogP contribution in [-0.2, 0) is 9.59 Å². The maximum Gasteiger partial charge on any atom is 0.308 e. The van der Waals surface area contributed by atoms with Crippen LogP contribution < -0.4 is 15.2 Å². The van der Waals surface area contributed by atoms with Crippen molar-refractivity contribution >= 4 is 18.0 Å². The van der Waals surface area contributed by atoms with Crippen molar-refractivity contribution in [1.82, 2.24) is 0 Å². The summed E-state index contributed by atoms with van der Waals surface area (Å²) in [7, 11) is 0. The van der Waals surface area contributed by atoms with E-state index in [9.17, 15) is 9.59 Å². The van der Waals surface area contributed by atoms with Gasteiger partial charge in [-0.1, -0.05) is 6.07 Å². The van der Waals surface area contributed by atoms with Gasteiger partial charge in [0, 0.05) is 5.57 Å². The maximum atomic E-state index is 11.1. The first-order valence-electron chi connectivity index (χ1n) is 5.18. The molecule has 0 bridgehead atoms. The third-order valence-corrected chi connectivity index (χ3v) is 2.40. The first kappa shape index (κ1) is 12.0. The van der Waals surface area contributed by atoms with Crippen molar-refractivity contribution in [3.63, 3.8) is 0 Å². The van der Waals surface area contributed by atoms with E-state index in [1.165, 1.54) is 6.08 Å². The lowest BCUT2D eigenvalue weighted by Gasteiger charge is -2.01. The molecule has 1 amide bonds. The molecule has 0 fully saturated rings. The first-order chi connectivity index (χ1) is 8.56. The van der Waals surface area contributed by atoms with Crippen LogP contribution in [0.1, 0.15) is 12.0 Å². The fraction of sp³-hybridized carbons (Fsp3) is 0.167. The van der Waals surface area contributed by atoms with Crippen molar-refractivity contribution in [3.05, 3.63) is 29.3 Å². The summed E-state index contributed by atoms with van der Waals surface area (Å²) in [5.41, 5.74) is 5.78. The Kier molecular flexibility index (Phi) is 3.18. The second-order valence-corrected chi connectivity index (χ2v) is 3.72. The molecule has 18 heavy (non-hydrogen) atoms. The van der Waals surface area contributed by atoms with E-state index in [2.05, 4.69) is 0 Å². The minimum Gasteiger partial charge on any atom is -0.481 e. The van der Waals surface area contributed by atoms with E-state index in [-0.39, 0.29) is 12.4 Å². The second-order valence-electron chi connectivity index (χ2n) is 3.72. The molecular formula is C12H11NO5. The molecule has 0 saturated heterocycles. The van der Waals surface area contributed by atoms with E-state index in [1.807, 2.05) is 0 Å². The van der Waals surface area contributed by atoms with Gasteiger partial charge in [0.1, 0.15) is 0 Å². The summed E-state index contributed by atoms with van der Waals surface area (Å²) in [6.45, 7) is 0.153. The van der Waals surface area contributed by atoms with Gasteiger partial charge in [-0.3, -0.25) is 9.59 Å². The van der Waals surface area contributed by atoms with E-state index in [4.69, 9.17) is 20.3 Å². The van der Waals surface area contributed by atoms with E-state index in [1.54, 1.807) is 18.2 Å². The Hall–Kier alpha value is -2.50. The zero-order chi connectivity index (χ0) is 13.1. The quantitative estimate of drug-likeness (QED) is 0.767. The molecule has 0 unspecified atom stereocenters. The number of hydrogen-bond acceptors (Lipinski definition) is 4. The number of carboxylic acids is 1. The van der Waals surface area contributed by atoms with Gasteiger partial charge in [0.25, 0.3) is 0 Å². The summed E-state index contributed by atoms with van der Waals surface area (Å²) in [6.07, 6.45) is 1.02. The minimum atomic E-state index is -1.11. The largest absolute Gasteiger partial charge is 0.481 e. The molecule has 3 N–H and O–H groups in total. The summed E-state index contributed by atoms with van der Waals surface area (Å²) in [6, 6.07) is 5.04. The number of carboxylic acid groups (broad SMARTS) is 1.